The molecular weight excluding hydrogens is 424 g/mol. The molecule has 1 fully saturated rings. The molecule has 4 heterocycles. The van der Waals surface area contributed by atoms with Gasteiger partial charge in [-0.25, -0.2) is 9.97 Å². The molecule has 10 heteroatoms. The van der Waals surface area contributed by atoms with Crippen molar-refractivity contribution in [2.75, 3.05) is 30.4 Å². The number of pyridine rings is 1. The van der Waals surface area contributed by atoms with Crippen LogP contribution in [-0.2, 0) is 7.05 Å². The molecule has 0 saturated carbocycles. The number of aliphatic hydroxyl groups excluding tert-OH is 1. The van der Waals surface area contributed by atoms with Crippen LogP contribution < -0.4 is 15.0 Å². The van der Waals surface area contributed by atoms with E-state index in [1.165, 1.54) is 13.4 Å². The Morgan fingerprint density at radius 1 is 1.27 bits per heavy atom. The highest BCUT2D eigenvalue weighted by Crippen LogP contribution is 2.33. The Morgan fingerprint density at radius 2 is 2.09 bits per heavy atom. The summed E-state index contributed by atoms with van der Waals surface area (Å²) < 4.78 is 12.4. The summed E-state index contributed by atoms with van der Waals surface area (Å²) in [6.07, 6.45) is 5.88. The molecule has 170 valence electrons. The molecule has 1 saturated heterocycles. The number of nitrogens with zero attached hydrogens (tertiary/aromatic N) is 5. The summed E-state index contributed by atoms with van der Waals surface area (Å²) in [4.78, 5) is 23.6. The standard InChI is InChI=1S/C23H24N6O4/c1-28-12-15-9-18(20(11-17(15)27-28)29-7-4-16(30)5-8-29)25-22(31)19-13-33-23(26-19)14-3-6-24-21(10-14)32-2/h3,6,9-13,16,30H,4-5,7-8H2,1-2H3,(H,25,31). The lowest BCUT2D eigenvalue weighted by atomic mass is 10.1. The molecule has 0 atom stereocenters. The van der Waals surface area contributed by atoms with Gasteiger partial charge in [0.1, 0.15) is 6.26 Å². The Bertz CT molecular complexity index is 1310. The number of carbonyl (C=O) groups excluding carboxylic acids is 1. The molecule has 2 N–H and O–H groups in total. The van der Waals surface area contributed by atoms with Crippen LogP contribution in [0, 0.1) is 0 Å². The fourth-order valence-electron chi connectivity index (χ4n) is 4.00. The second-order valence-electron chi connectivity index (χ2n) is 8.03. The summed E-state index contributed by atoms with van der Waals surface area (Å²) in [6.45, 7) is 1.39. The van der Waals surface area contributed by atoms with E-state index < -0.39 is 0 Å². The number of aryl methyl sites for hydroxylation is 1. The van der Waals surface area contributed by atoms with Crippen LogP contribution in [0.25, 0.3) is 22.4 Å². The maximum atomic E-state index is 13.1. The van der Waals surface area contributed by atoms with E-state index in [1.54, 1.807) is 23.0 Å². The number of rotatable bonds is 5. The highest BCUT2D eigenvalue weighted by molar-refractivity contribution is 6.06. The summed E-state index contributed by atoms with van der Waals surface area (Å²) in [7, 11) is 3.39. The SMILES string of the molecule is COc1cc(-c2nc(C(=O)Nc3cc4cn(C)nc4cc3N3CCC(O)CC3)co2)ccn1. The molecule has 1 aliphatic heterocycles. The van der Waals surface area contributed by atoms with Crippen LogP contribution in [-0.4, -0.2) is 57.1 Å². The summed E-state index contributed by atoms with van der Waals surface area (Å²) in [5.74, 6) is 0.346. The van der Waals surface area contributed by atoms with Crippen molar-refractivity contribution in [1.82, 2.24) is 19.7 Å². The van der Waals surface area contributed by atoms with Gasteiger partial charge < -0.3 is 24.5 Å². The Kier molecular flexibility index (Phi) is 5.43. The van der Waals surface area contributed by atoms with Crippen LogP contribution in [0.1, 0.15) is 23.3 Å². The van der Waals surface area contributed by atoms with Gasteiger partial charge in [-0.3, -0.25) is 9.48 Å². The number of methoxy groups -OCH3 is 1. The number of benzene rings is 1. The minimum atomic E-state index is -0.382. The summed E-state index contributed by atoms with van der Waals surface area (Å²) in [5.41, 5.74) is 3.18. The van der Waals surface area contributed by atoms with Crippen molar-refractivity contribution in [3.8, 4) is 17.3 Å². The number of carbonyl (C=O) groups is 1. The van der Waals surface area contributed by atoms with Gasteiger partial charge in [0.25, 0.3) is 5.91 Å². The molecular formula is C23H24N6O4. The third-order valence-electron chi connectivity index (χ3n) is 5.72. The van der Waals surface area contributed by atoms with E-state index >= 15 is 0 Å². The second kappa shape index (κ2) is 8.55. The minimum Gasteiger partial charge on any atom is -0.481 e. The predicted molar refractivity (Wildman–Crippen MR) is 122 cm³/mol. The van der Waals surface area contributed by atoms with Crippen LogP contribution >= 0.6 is 0 Å². The summed E-state index contributed by atoms with van der Waals surface area (Å²) in [6, 6.07) is 7.30. The lowest BCUT2D eigenvalue weighted by molar-refractivity contribution is 0.102. The van der Waals surface area contributed by atoms with Gasteiger partial charge in [-0.2, -0.15) is 5.10 Å². The van der Waals surface area contributed by atoms with Gasteiger partial charge in [0.2, 0.25) is 11.8 Å². The zero-order chi connectivity index (χ0) is 22.9. The summed E-state index contributed by atoms with van der Waals surface area (Å²) >= 11 is 0. The monoisotopic (exact) mass is 448 g/mol. The van der Waals surface area contributed by atoms with E-state index in [0.29, 0.717) is 49.0 Å². The minimum absolute atomic E-state index is 0.159. The maximum Gasteiger partial charge on any atom is 0.277 e. The van der Waals surface area contributed by atoms with Gasteiger partial charge >= 0.3 is 0 Å². The topological polar surface area (TPSA) is 119 Å². The first-order valence-corrected chi connectivity index (χ1v) is 10.7. The predicted octanol–water partition coefficient (Wildman–Crippen LogP) is 2.85. The molecule has 0 unspecified atom stereocenters. The number of anilines is 2. The second-order valence-corrected chi connectivity index (χ2v) is 8.03. The quantitative estimate of drug-likeness (QED) is 0.478. The lowest BCUT2D eigenvalue weighted by Crippen LogP contribution is -2.36. The molecule has 4 aromatic rings. The van der Waals surface area contributed by atoms with Crippen LogP contribution in [0.15, 0.2) is 47.3 Å². The van der Waals surface area contributed by atoms with E-state index in [4.69, 9.17) is 9.15 Å². The normalized spacial score (nSPS) is 14.6. The zero-order valence-corrected chi connectivity index (χ0v) is 18.4. The number of ether oxygens (including phenoxy) is 1. The maximum absolute atomic E-state index is 13.1. The first-order valence-electron chi connectivity index (χ1n) is 10.7. The number of hydrogen-bond acceptors (Lipinski definition) is 8. The zero-order valence-electron chi connectivity index (χ0n) is 18.4. The number of nitrogens with one attached hydrogen (secondary N) is 1. The van der Waals surface area contributed by atoms with Crippen molar-refractivity contribution in [2.45, 2.75) is 18.9 Å². The molecule has 0 bridgehead atoms. The van der Waals surface area contributed by atoms with Crippen LogP contribution in [0.2, 0.25) is 0 Å². The van der Waals surface area contributed by atoms with E-state index in [0.717, 1.165) is 16.6 Å². The van der Waals surface area contributed by atoms with Crippen molar-refractivity contribution in [3.05, 3.63) is 48.6 Å². The Balaban J connectivity index is 1.44. The van der Waals surface area contributed by atoms with E-state index in [1.807, 2.05) is 25.4 Å². The van der Waals surface area contributed by atoms with E-state index in [9.17, 15) is 9.90 Å². The third-order valence-corrected chi connectivity index (χ3v) is 5.72. The van der Waals surface area contributed by atoms with Gasteiger partial charge in [0.15, 0.2) is 5.69 Å². The van der Waals surface area contributed by atoms with Gasteiger partial charge in [-0.05, 0) is 31.0 Å². The molecule has 10 nitrogen and oxygen atoms in total. The summed E-state index contributed by atoms with van der Waals surface area (Å²) in [5, 5.41) is 18.3. The number of aliphatic hydroxyl groups is 1. The average molecular weight is 448 g/mol. The fraction of sp³-hybridized carbons (Fsp3) is 0.304. The molecule has 1 aliphatic rings. The third kappa shape index (κ3) is 4.24. The highest BCUT2D eigenvalue weighted by atomic mass is 16.5. The molecule has 1 aromatic carbocycles. The molecule has 1 amide bonds. The number of amides is 1. The first kappa shape index (κ1) is 21.0. The molecule has 33 heavy (non-hydrogen) atoms. The smallest absolute Gasteiger partial charge is 0.277 e. The van der Waals surface area contributed by atoms with Gasteiger partial charge in [0, 0.05) is 49.5 Å². The molecule has 3 aromatic heterocycles. The Labute approximate surface area is 189 Å². The number of piperidine rings is 1. The average Bonchev–Trinajstić information content (AvgIpc) is 3.45. The van der Waals surface area contributed by atoms with Crippen molar-refractivity contribution < 1.29 is 19.1 Å². The number of hydrogen-bond donors (Lipinski definition) is 2. The van der Waals surface area contributed by atoms with Gasteiger partial charge in [0.05, 0.1) is 30.1 Å². The van der Waals surface area contributed by atoms with E-state index in [-0.39, 0.29) is 17.7 Å². The molecule has 0 aliphatic carbocycles. The number of oxazole rings is 1. The Hall–Kier alpha value is -3.92. The van der Waals surface area contributed by atoms with Crippen LogP contribution in [0.3, 0.4) is 0 Å². The number of fused-ring (bicyclic) bond motifs is 1. The van der Waals surface area contributed by atoms with Crippen molar-refractivity contribution >= 4 is 28.2 Å². The molecule has 0 radical (unpaired) electrons. The van der Waals surface area contributed by atoms with Crippen LogP contribution in [0.5, 0.6) is 5.88 Å². The fourth-order valence-corrected chi connectivity index (χ4v) is 4.00. The molecule has 0 spiro atoms. The lowest BCUT2D eigenvalue weighted by Gasteiger charge is -2.32. The largest absolute Gasteiger partial charge is 0.481 e. The first-order chi connectivity index (χ1) is 16.0. The van der Waals surface area contributed by atoms with Crippen LogP contribution in [0.4, 0.5) is 11.4 Å². The Morgan fingerprint density at radius 3 is 2.88 bits per heavy atom. The van der Waals surface area contributed by atoms with Crippen molar-refractivity contribution in [1.29, 1.82) is 0 Å². The van der Waals surface area contributed by atoms with Crippen molar-refractivity contribution in [2.24, 2.45) is 7.05 Å². The van der Waals surface area contributed by atoms with Crippen molar-refractivity contribution in [3.63, 3.8) is 0 Å². The number of aromatic nitrogens is 4. The van der Waals surface area contributed by atoms with E-state index in [2.05, 4.69) is 25.3 Å². The van der Waals surface area contributed by atoms with Gasteiger partial charge in [-0.1, -0.05) is 0 Å². The van der Waals surface area contributed by atoms with Gasteiger partial charge in [-0.15, -0.1) is 0 Å². The highest BCUT2D eigenvalue weighted by Gasteiger charge is 2.23. The molecule has 5 rings (SSSR count).